The molecule has 0 saturated carbocycles. The zero-order valence-corrected chi connectivity index (χ0v) is 14.7. The van der Waals surface area contributed by atoms with Gasteiger partial charge < -0.3 is 16.0 Å². The third kappa shape index (κ3) is 10.8. The van der Waals surface area contributed by atoms with Crippen LogP contribution in [-0.4, -0.2) is 37.0 Å². The van der Waals surface area contributed by atoms with Gasteiger partial charge in [0.15, 0.2) is 0 Å². The highest BCUT2D eigenvalue weighted by atomic mass is 35.5. The van der Waals surface area contributed by atoms with Crippen LogP contribution in [0.25, 0.3) is 0 Å². The Kier molecular flexibility index (Phi) is 13.4. The van der Waals surface area contributed by atoms with Crippen molar-refractivity contribution in [2.75, 3.05) is 20.1 Å². The lowest BCUT2D eigenvalue weighted by Gasteiger charge is -2.17. The minimum Gasteiger partial charge on any atom is -0.355 e. The van der Waals surface area contributed by atoms with Crippen molar-refractivity contribution < 1.29 is 9.18 Å². The number of likely N-dealkylation sites (N-methyl/N-ethyl adjacent to an activating group) is 1. The average Bonchev–Trinajstić information content (AvgIpc) is 2.39. The maximum atomic E-state index is 12.8. The molecule has 7 heteroatoms. The Hall–Kier alpha value is -0.880. The van der Waals surface area contributed by atoms with E-state index >= 15 is 0 Å². The number of hydrogen-bond donors (Lipinski definition) is 2. The first-order valence-corrected chi connectivity index (χ1v) is 6.92. The van der Waals surface area contributed by atoms with Gasteiger partial charge in [-0.15, -0.1) is 24.8 Å². The molecule has 1 aromatic carbocycles. The Bertz CT molecular complexity index is 416. The van der Waals surface area contributed by atoms with Crippen molar-refractivity contribution in [1.29, 1.82) is 0 Å². The molecule has 0 fully saturated rings. The van der Waals surface area contributed by atoms with Crippen molar-refractivity contribution in [3.05, 3.63) is 35.6 Å². The van der Waals surface area contributed by atoms with Crippen molar-refractivity contribution in [2.45, 2.75) is 32.4 Å². The Morgan fingerprint density at radius 1 is 1.32 bits per heavy atom. The highest BCUT2D eigenvalue weighted by molar-refractivity contribution is 5.85. The fourth-order valence-corrected chi connectivity index (χ4v) is 1.81. The van der Waals surface area contributed by atoms with Gasteiger partial charge in [0.2, 0.25) is 5.91 Å². The largest absolute Gasteiger partial charge is 0.355 e. The molecule has 1 rings (SSSR count). The molecule has 128 valence electrons. The standard InChI is InChI=1S/C15H24FN3O.2ClH/c1-12(17)3-8-15(20)18-9-10-19(2)11-13-4-6-14(16)7-5-13;;/h4-7,12H,3,8-11,17H2,1-2H3,(H,18,20);2*1H. The topological polar surface area (TPSA) is 58.4 Å². The second kappa shape index (κ2) is 12.6. The maximum Gasteiger partial charge on any atom is 0.220 e. The van der Waals surface area contributed by atoms with Crippen molar-refractivity contribution in [2.24, 2.45) is 5.73 Å². The number of halogens is 3. The molecular weight excluding hydrogens is 328 g/mol. The van der Waals surface area contributed by atoms with Crippen LogP contribution in [0, 0.1) is 5.82 Å². The van der Waals surface area contributed by atoms with E-state index in [1.165, 1.54) is 12.1 Å². The van der Waals surface area contributed by atoms with E-state index < -0.39 is 0 Å². The summed E-state index contributed by atoms with van der Waals surface area (Å²) in [7, 11) is 1.97. The molecule has 0 aromatic heterocycles. The van der Waals surface area contributed by atoms with Gasteiger partial charge >= 0.3 is 0 Å². The summed E-state index contributed by atoms with van der Waals surface area (Å²) in [6, 6.07) is 6.51. The van der Waals surface area contributed by atoms with Crippen molar-refractivity contribution in [3.8, 4) is 0 Å². The first-order valence-electron chi connectivity index (χ1n) is 6.92. The molecule has 0 aliphatic carbocycles. The quantitative estimate of drug-likeness (QED) is 0.754. The molecule has 22 heavy (non-hydrogen) atoms. The highest BCUT2D eigenvalue weighted by Crippen LogP contribution is 2.05. The first kappa shape index (κ1) is 23.4. The van der Waals surface area contributed by atoms with E-state index in [4.69, 9.17) is 5.73 Å². The zero-order valence-electron chi connectivity index (χ0n) is 13.0. The minimum atomic E-state index is -0.224. The number of nitrogens with one attached hydrogen (secondary N) is 1. The third-order valence-electron chi connectivity index (χ3n) is 3.01. The van der Waals surface area contributed by atoms with E-state index in [1.54, 1.807) is 12.1 Å². The number of carbonyl (C=O) groups is 1. The van der Waals surface area contributed by atoms with E-state index in [-0.39, 0.29) is 42.6 Å². The monoisotopic (exact) mass is 353 g/mol. The van der Waals surface area contributed by atoms with Crippen molar-refractivity contribution in [1.82, 2.24) is 10.2 Å². The summed E-state index contributed by atoms with van der Waals surface area (Å²) in [6.45, 7) is 3.98. The Balaban J connectivity index is 0. The number of rotatable bonds is 8. The van der Waals surface area contributed by atoms with E-state index in [1.807, 2.05) is 14.0 Å². The predicted molar refractivity (Wildman–Crippen MR) is 93.1 cm³/mol. The normalized spacial score (nSPS) is 11.3. The zero-order chi connectivity index (χ0) is 15.0. The van der Waals surface area contributed by atoms with Crippen molar-refractivity contribution >= 4 is 30.7 Å². The molecule has 0 aliphatic heterocycles. The molecular formula is C15H26Cl2FN3O. The van der Waals surface area contributed by atoms with E-state index in [0.717, 1.165) is 18.7 Å². The smallest absolute Gasteiger partial charge is 0.220 e. The lowest BCUT2D eigenvalue weighted by molar-refractivity contribution is -0.121. The summed E-state index contributed by atoms with van der Waals surface area (Å²) >= 11 is 0. The summed E-state index contributed by atoms with van der Waals surface area (Å²) in [5, 5.41) is 2.87. The number of nitrogens with zero attached hydrogens (tertiary/aromatic N) is 1. The van der Waals surface area contributed by atoms with Gasteiger partial charge in [0.1, 0.15) is 5.82 Å². The highest BCUT2D eigenvalue weighted by Gasteiger charge is 2.04. The summed E-state index contributed by atoms with van der Waals surface area (Å²) in [5.74, 6) is -0.185. The summed E-state index contributed by atoms with van der Waals surface area (Å²) < 4.78 is 12.8. The lowest BCUT2D eigenvalue weighted by Crippen LogP contribution is -2.33. The molecule has 4 nitrogen and oxygen atoms in total. The number of nitrogens with two attached hydrogens (primary N) is 1. The van der Waals surface area contributed by atoms with Gasteiger partial charge in [-0.2, -0.15) is 0 Å². The van der Waals surface area contributed by atoms with E-state index in [0.29, 0.717) is 19.4 Å². The van der Waals surface area contributed by atoms with E-state index in [9.17, 15) is 9.18 Å². The van der Waals surface area contributed by atoms with Crippen molar-refractivity contribution in [3.63, 3.8) is 0 Å². The van der Waals surface area contributed by atoms with E-state index in [2.05, 4.69) is 10.2 Å². The molecule has 0 saturated heterocycles. The summed E-state index contributed by atoms with van der Waals surface area (Å²) in [4.78, 5) is 13.6. The molecule has 0 radical (unpaired) electrons. The number of benzene rings is 1. The molecule has 3 N–H and O–H groups in total. The minimum absolute atomic E-state index is 0. The van der Waals surface area contributed by atoms with Gasteiger partial charge in [-0.3, -0.25) is 4.79 Å². The fourth-order valence-electron chi connectivity index (χ4n) is 1.81. The van der Waals surface area contributed by atoms with Crippen LogP contribution >= 0.6 is 24.8 Å². The van der Waals surface area contributed by atoms with Gasteiger partial charge in [-0.05, 0) is 38.1 Å². The molecule has 0 aliphatic rings. The summed E-state index contributed by atoms with van der Waals surface area (Å²) in [5.41, 5.74) is 6.65. The molecule has 1 aromatic rings. The predicted octanol–water partition coefficient (Wildman–Crippen LogP) is 2.34. The Morgan fingerprint density at radius 2 is 1.91 bits per heavy atom. The number of amides is 1. The second-order valence-corrected chi connectivity index (χ2v) is 5.23. The summed E-state index contributed by atoms with van der Waals surface area (Å²) in [6.07, 6.45) is 1.18. The number of hydrogen-bond acceptors (Lipinski definition) is 3. The Morgan fingerprint density at radius 3 is 2.45 bits per heavy atom. The fraction of sp³-hybridized carbons (Fsp3) is 0.533. The van der Waals surface area contributed by atoms with Crippen LogP contribution in [0.2, 0.25) is 0 Å². The lowest BCUT2D eigenvalue weighted by atomic mass is 10.2. The SMILES string of the molecule is CC(N)CCC(=O)NCCN(C)Cc1ccc(F)cc1.Cl.Cl. The molecule has 0 heterocycles. The van der Waals surface area contributed by atoms with Crippen LogP contribution in [0.4, 0.5) is 4.39 Å². The molecule has 1 amide bonds. The van der Waals surface area contributed by atoms with Crippen LogP contribution in [-0.2, 0) is 11.3 Å². The Labute approximate surface area is 144 Å². The average molecular weight is 354 g/mol. The molecule has 0 spiro atoms. The number of carbonyl (C=O) groups excluding carboxylic acids is 1. The molecule has 0 bridgehead atoms. The molecule has 1 unspecified atom stereocenters. The van der Waals surface area contributed by atoms with Crippen LogP contribution < -0.4 is 11.1 Å². The van der Waals surface area contributed by atoms with Gasteiger partial charge in [0.05, 0.1) is 0 Å². The van der Waals surface area contributed by atoms with Crippen LogP contribution in [0.5, 0.6) is 0 Å². The van der Waals surface area contributed by atoms with Crippen LogP contribution in [0.15, 0.2) is 24.3 Å². The van der Waals surface area contributed by atoms with Crippen LogP contribution in [0.1, 0.15) is 25.3 Å². The van der Waals surface area contributed by atoms with Crippen LogP contribution in [0.3, 0.4) is 0 Å². The van der Waals surface area contributed by atoms with Gasteiger partial charge in [0, 0.05) is 32.1 Å². The van der Waals surface area contributed by atoms with Gasteiger partial charge in [0.25, 0.3) is 0 Å². The molecule has 1 atom stereocenters. The van der Waals surface area contributed by atoms with Gasteiger partial charge in [-0.1, -0.05) is 12.1 Å². The third-order valence-corrected chi connectivity index (χ3v) is 3.01. The van der Waals surface area contributed by atoms with Gasteiger partial charge in [-0.25, -0.2) is 4.39 Å². The second-order valence-electron chi connectivity index (χ2n) is 5.23. The first-order chi connectivity index (χ1) is 9.47. The maximum absolute atomic E-state index is 12.8.